The lowest BCUT2D eigenvalue weighted by Gasteiger charge is -2.39. The van der Waals surface area contributed by atoms with Crippen molar-refractivity contribution in [3.05, 3.63) is 34.9 Å². The van der Waals surface area contributed by atoms with Crippen molar-refractivity contribution < 1.29 is 0 Å². The second-order valence-electron chi connectivity index (χ2n) is 7.86. The van der Waals surface area contributed by atoms with Crippen LogP contribution >= 0.6 is 0 Å². The van der Waals surface area contributed by atoms with Gasteiger partial charge in [0.15, 0.2) is 0 Å². The van der Waals surface area contributed by atoms with Gasteiger partial charge in [0.1, 0.15) is 0 Å². The molecule has 1 saturated carbocycles. The molecule has 0 spiro atoms. The van der Waals surface area contributed by atoms with Crippen LogP contribution in [0.3, 0.4) is 0 Å². The molecule has 1 aromatic rings. The second-order valence-corrected chi connectivity index (χ2v) is 7.86. The fourth-order valence-corrected chi connectivity index (χ4v) is 3.80. The average Bonchev–Trinajstić information content (AvgIpc) is 2.37. The van der Waals surface area contributed by atoms with Gasteiger partial charge >= 0.3 is 0 Å². The van der Waals surface area contributed by atoms with Crippen molar-refractivity contribution in [1.82, 2.24) is 0 Å². The van der Waals surface area contributed by atoms with E-state index >= 15 is 0 Å². The number of hydrogen-bond acceptors (Lipinski definition) is 1. The molecule has 0 bridgehead atoms. The van der Waals surface area contributed by atoms with Crippen LogP contribution in [0.15, 0.2) is 18.2 Å². The van der Waals surface area contributed by atoms with E-state index in [0.29, 0.717) is 11.3 Å². The maximum absolute atomic E-state index is 6.58. The van der Waals surface area contributed by atoms with Gasteiger partial charge in [-0.05, 0) is 67.9 Å². The van der Waals surface area contributed by atoms with Gasteiger partial charge in [-0.25, -0.2) is 0 Å². The maximum atomic E-state index is 6.58. The Morgan fingerprint density at radius 2 is 1.65 bits per heavy atom. The van der Waals surface area contributed by atoms with E-state index in [0.717, 1.165) is 5.92 Å². The average molecular weight is 273 g/mol. The molecule has 1 aromatic carbocycles. The highest BCUT2D eigenvalue weighted by Crippen LogP contribution is 2.43. The van der Waals surface area contributed by atoms with Crippen molar-refractivity contribution in [3.63, 3.8) is 0 Å². The molecule has 112 valence electrons. The van der Waals surface area contributed by atoms with E-state index in [1.54, 1.807) is 0 Å². The predicted molar refractivity (Wildman–Crippen MR) is 87.7 cm³/mol. The zero-order chi connectivity index (χ0) is 14.9. The first-order valence-electron chi connectivity index (χ1n) is 8.12. The van der Waals surface area contributed by atoms with Gasteiger partial charge in [-0.2, -0.15) is 0 Å². The van der Waals surface area contributed by atoms with Gasteiger partial charge in [0.2, 0.25) is 0 Å². The monoisotopic (exact) mass is 273 g/mol. The van der Waals surface area contributed by atoms with Crippen LogP contribution in [0.1, 0.15) is 69.2 Å². The first-order chi connectivity index (χ1) is 9.29. The molecule has 1 aliphatic carbocycles. The molecule has 1 aliphatic rings. The third kappa shape index (κ3) is 3.44. The lowest BCUT2D eigenvalue weighted by Crippen LogP contribution is -2.31. The van der Waals surface area contributed by atoms with Crippen LogP contribution in [0.2, 0.25) is 0 Å². The van der Waals surface area contributed by atoms with Crippen LogP contribution < -0.4 is 5.73 Å². The van der Waals surface area contributed by atoms with Crippen molar-refractivity contribution >= 4 is 0 Å². The minimum Gasteiger partial charge on any atom is -0.324 e. The van der Waals surface area contributed by atoms with Gasteiger partial charge in [0.25, 0.3) is 0 Å². The van der Waals surface area contributed by atoms with Crippen LogP contribution in [0, 0.1) is 31.1 Å². The number of rotatable bonds is 2. The number of nitrogens with two attached hydrogens (primary N) is 1. The van der Waals surface area contributed by atoms with Gasteiger partial charge in [-0.3, -0.25) is 0 Å². The van der Waals surface area contributed by atoms with Gasteiger partial charge in [-0.1, -0.05) is 44.5 Å². The summed E-state index contributed by atoms with van der Waals surface area (Å²) < 4.78 is 0. The van der Waals surface area contributed by atoms with Crippen LogP contribution in [0.5, 0.6) is 0 Å². The molecule has 1 atom stereocenters. The lowest BCUT2D eigenvalue weighted by molar-refractivity contribution is 0.139. The molecule has 1 fully saturated rings. The molecule has 2 rings (SSSR count). The molecule has 0 aliphatic heterocycles. The SMILES string of the molecule is Cc1ccc(C(N)C2CCC(C(C)(C)C)CC2)c(C)c1. The van der Waals surface area contributed by atoms with Crippen LogP contribution in [-0.4, -0.2) is 0 Å². The summed E-state index contributed by atoms with van der Waals surface area (Å²) in [6.45, 7) is 11.5. The van der Waals surface area contributed by atoms with E-state index in [1.165, 1.54) is 42.4 Å². The molecular weight excluding hydrogens is 242 g/mol. The standard InChI is InChI=1S/C19H31N/c1-13-6-11-17(14(2)12-13)18(20)15-7-9-16(10-8-15)19(3,4)5/h6,11-12,15-16,18H,7-10,20H2,1-5H3. The molecular formula is C19H31N. The topological polar surface area (TPSA) is 26.0 Å². The Bertz CT molecular complexity index is 447. The van der Waals surface area contributed by atoms with E-state index in [2.05, 4.69) is 52.8 Å². The Balaban J connectivity index is 2.03. The molecule has 2 N–H and O–H groups in total. The third-order valence-electron chi connectivity index (χ3n) is 5.29. The molecule has 0 heterocycles. The van der Waals surface area contributed by atoms with Crippen LogP contribution in [-0.2, 0) is 0 Å². The Hall–Kier alpha value is -0.820. The van der Waals surface area contributed by atoms with Crippen molar-refractivity contribution in [2.75, 3.05) is 0 Å². The quantitative estimate of drug-likeness (QED) is 0.791. The zero-order valence-corrected chi connectivity index (χ0v) is 13.9. The normalized spacial score (nSPS) is 25.5. The van der Waals surface area contributed by atoms with E-state index in [1.807, 2.05) is 0 Å². The molecule has 0 radical (unpaired) electrons. The van der Waals surface area contributed by atoms with Crippen molar-refractivity contribution in [3.8, 4) is 0 Å². The summed E-state index contributed by atoms with van der Waals surface area (Å²) in [6.07, 6.45) is 5.26. The zero-order valence-electron chi connectivity index (χ0n) is 13.9. The summed E-state index contributed by atoms with van der Waals surface area (Å²) in [5.41, 5.74) is 11.1. The minimum atomic E-state index is 0.219. The van der Waals surface area contributed by atoms with Gasteiger partial charge in [0.05, 0.1) is 0 Å². The van der Waals surface area contributed by atoms with Crippen molar-refractivity contribution in [2.24, 2.45) is 23.0 Å². The molecule has 1 nitrogen and oxygen atoms in total. The highest BCUT2D eigenvalue weighted by molar-refractivity contribution is 5.33. The van der Waals surface area contributed by atoms with Crippen molar-refractivity contribution in [1.29, 1.82) is 0 Å². The fourth-order valence-electron chi connectivity index (χ4n) is 3.80. The Morgan fingerprint density at radius 1 is 1.05 bits per heavy atom. The lowest BCUT2D eigenvalue weighted by atomic mass is 9.68. The van der Waals surface area contributed by atoms with E-state index < -0.39 is 0 Å². The molecule has 20 heavy (non-hydrogen) atoms. The first kappa shape index (κ1) is 15.6. The van der Waals surface area contributed by atoms with E-state index in [-0.39, 0.29) is 6.04 Å². The van der Waals surface area contributed by atoms with Crippen LogP contribution in [0.4, 0.5) is 0 Å². The third-order valence-corrected chi connectivity index (χ3v) is 5.29. The van der Waals surface area contributed by atoms with E-state index in [4.69, 9.17) is 5.73 Å². The Morgan fingerprint density at radius 3 is 2.15 bits per heavy atom. The van der Waals surface area contributed by atoms with Crippen molar-refractivity contribution in [2.45, 2.75) is 66.3 Å². The molecule has 0 aromatic heterocycles. The summed E-state index contributed by atoms with van der Waals surface area (Å²) >= 11 is 0. The smallest absolute Gasteiger partial charge is 0.0326 e. The van der Waals surface area contributed by atoms with Gasteiger partial charge in [0, 0.05) is 6.04 Å². The highest BCUT2D eigenvalue weighted by atomic mass is 14.7. The first-order valence-corrected chi connectivity index (χ1v) is 8.12. The Kier molecular flexibility index (Phi) is 4.59. The molecule has 1 unspecified atom stereocenters. The summed E-state index contributed by atoms with van der Waals surface area (Å²) in [5.74, 6) is 1.53. The molecule has 0 amide bonds. The van der Waals surface area contributed by atoms with Gasteiger partial charge < -0.3 is 5.73 Å². The minimum absolute atomic E-state index is 0.219. The summed E-state index contributed by atoms with van der Waals surface area (Å²) in [6, 6.07) is 6.92. The molecule has 1 heteroatoms. The summed E-state index contributed by atoms with van der Waals surface area (Å²) in [5, 5.41) is 0. The maximum Gasteiger partial charge on any atom is 0.0326 e. The predicted octanol–water partition coefficient (Wildman–Crippen LogP) is 5.16. The van der Waals surface area contributed by atoms with Gasteiger partial charge in [-0.15, -0.1) is 0 Å². The number of hydrogen-bond donors (Lipinski definition) is 1. The highest BCUT2D eigenvalue weighted by Gasteiger charge is 2.32. The summed E-state index contributed by atoms with van der Waals surface area (Å²) in [7, 11) is 0. The Labute approximate surface area is 125 Å². The fraction of sp³-hybridized carbons (Fsp3) is 0.684. The number of aryl methyl sites for hydroxylation is 2. The van der Waals surface area contributed by atoms with E-state index in [9.17, 15) is 0 Å². The largest absolute Gasteiger partial charge is 0.324 e. The number of benzene rings is 1. The van der Waals surface area contributed by atoms with Crippen LogP contribution in [0.25, 0.3) is 0 Å². The summed E-state index contributed by atoms with van der Waals surface area (Å²) in [4.78, 5) is 0. The second kappa shape index (κ2) is 5.89. The molecule has 0 saturated heterocycles.